The molecule has 0 spiro atoms. The van der Waals surface area contributed by atoms with Gasteiger partial charge in [-0.05, 0) is 50.4 Å². The molecule has 146 valence electrons. The van der Waals surface area contributed by atoms with E-state index in [0.29, 0.717) is 42.4 Å². The fourth-order valence-corrected chi connectivity index (χ4v) is 2.53. The van der Waals surface area contributed by atoms with E-state index in [1.165, 1.54) is 17.1 Å². The second-order valence-electron chi connectivity index (χ2n) is 6.26. The van der Waals surface area contributed by atoms with Crippen LogP contribution in [0.15, 0.2) is 30.4 Å². The first-order valence-electron chi connectivity index (χ1n) is 8.70. The molecule has 2 rings (SSSR count). The van der Waals surface area contributed by atoms with E-state index in [0.717, 1.165) is 6.54 Å². The lowest BCUT2D eigenvalue weighted by Crippen LogP contribution is -2.37. The van der Waals surface area contributed by atoms with Crippen molar-refractivity contribution < 1.29 is 23.8 Å². The van der Waals surface area contributed by atoms with Crippen LogP contribution in [-0.2, 0) is 9.59 Å². The van der Waals surface area contributed by atoms with Gasteiger partial charge >= 0.3 is 0 Å². The van der Waals surface area contributed by atoms with E-state index >= 15 is 0 Å². The number of rotatable bonds is 8. The normalized spacial score (nSPS) is 14.1. The molecule has 0 radical (unpaired) electrons. The quantitative estimate of drug-likeness (QED) is 0.648. The average Bonchev–Trinajstić information content (AvgIpc) is 2.66. The van der Waals surface area contributed by atoms with Gasteiger partial charge in [0.15, 0.2) is 11.5 Å². The van der Waals surface area contributed by atoms with Crippen molar-refractivity contribution in [3.63, 3.8) is 0 Å². The molecule has 0 fully saturated rings. The van der Waals surface area contributed by atoms with Crippen molar-refractivity contribution in [2.24, 2.45) is 0 Å². The molecule has 0 bridgehead atoms. The summed E-state index contributed by atoms with van der Waals surface area (Å²) in [7, 11) is 7.02. The van der Waals surface area contributed by atoms with Gasteiger partial charge in [-0.25, -0.2) is 0 Å². The van der Waals surface area contributed by atoms with Gasteiger partial charge in [-0.15, -0.1) is 0 Å². The highest BCUT2D eigenvalue weighted by Crippen LogP contribution is 2.38. The number of hydrogen-bond acceptors (Lipinski definition) is 6. The molecule has 0 N–H and O–H groups in total. The largest absolute Gasteiger partial charge is 0.493 e. The van der Waals surface area contributed by atoms with Gasteiger partial charge in [-0.3, -0.25) is 14.5 Å². The summed E-state index contributed by atoms with van der Waals surface area (Å²) in [5.41, 5.74) is 0.706. The Hall–Kier alpha value is -2.80. The van der Waals surface area contributed by atoms with Gasteiger partial charge in [0.25, 0.3) is 11.8 Å². The van der Waals surface area contributed by atoms with Gasteiger partial charge in [0.2, 0.25) is 5.75 Å². The zero-order valence-corrected chi connectivity index (χ0v) is 16.2. The third kappa shape index (κ3) is 5.59. The molecule has 7 heteroatoms. The van der Waals surface area contributed by atoms with Crippen LogP contribution in [0.4, 0.5) is 0 Å². The Balaban J connectivity index is 2.18. The molecule has 0 aliphatic carbocycles. The van der Waals surface area contributed by atoms with Crippen molar-refractivity contribution in [2.45, 2.75) is 6.42 Å². The molecule has 2 amide bonds. The number of likely N-dealkylation sites (N-methyl/N-ethyl adjacent to an activating group) is 1. The van der Waals surface area contributed by atoms with Crippen LogP contribution in [0.3, 0.4) is 0 Å². The van der Waals surface area contributed by atoms with E-state index < -0.39 is 0 Å². The van der Waals surface area contributed by atoms with E-state index in [4.69, 9.17) is 14.2 Å². The molecule has 1 aromatic carbocycles. The Kier molecular flexibility index (Phi) is 7.43. The minimum atomic E-state index is -0.353. The highest BCUT2D eigenvalue weighted by molar-refractivity contribution is 6.06. The fraction of sp³-hybridized carbons (Fsp3) is 0.400. The Morgan fingerprint density at radius 2 is 1.89 bits per heavy atom. The molecule has 0 unspecified atom stereocenters. The lowest BCUT2D eigenvalue weighted by Gasteiger charge is -2.19. The van der Waals surface area contributed by atoms with Gasteiger partial charge in [0, 0.05) is 19.2 Å². The van der Waals surface area contributed by atoms with E-state index in [2.05, 4.69) is 0 Å². The average molecular weight is 374 g/mol. The standard InChI is InChI=1S/C20H26N2O5/c1-21(2)11-12-27-20-16(25-3)13-15(14-17(20)26-4)8-9-19(24)22-10-6-5-7-18(22)23/h5,7-9,13-14H,6,10-12H2,1-4H3/b9-8+. The Morgan fingerprint density at radius 3 is 2.44 bits per heavy atom. The molecule has 0 aromatic heterocycles. The van der Waals surface area contributed by atoms with Crippen LogP contribution in [0.5, 0.6) is 17.2 Å². The molecule has 7 nitrogen and oxygen atoms in total. The molecular formula is C20H26N2O5. The van der Waals surface area contributed by atoms with Crippen molar-refractivity contribution in [2.75, 3.05) is 48.0 Å². The Bertz CT molecular complexity index is 715. The summed E-state index contributed by atoms with van der Waals surface area (Å²) in [6, 6.07) is 3.52. The van der Waals surface area contributed by atoms with Crippen molar-refractivity contribution in [1.82, 2.24) is 9.80 Å². The van der Waals surface area contributed by atoms with Crippen molar-refractivity contribution in [3.05, 3.63) is 35.9 Å². The third-order valence-electron chi connectivity index (χ3n) is 4.00. The second kappa shape index (κ2) is 9.78. The van der Waals surface area contributed by atoms with Gasteiger partial charge in [0.1, 0.15) is 6.61 Å². The van der Waals surface area contributed by atoms with Crippen LogP contribution in [0.2, 0.25) is 0 Å². The first kappa shape index (κ1) is 20.5. The summed E-state index contributed by atoms with van der Waals surface area (Å²) in [5.74, 6) is 0.889. The number of carbonyl (C=O) groups is 2. The summed E-state index contributed by atoms with van der Waals surface area (Å²) < 4.78 is 16.6. The molecule has 1 aliphatic rings. The predicted molar refractivity (Wildman–Crippen MR) is 103 cm³/mol. The van der Waals surface area contributed by atoms with E-state index in [9.17, 15) is 9.59 Å². The predicted octanol–water partition coefficient (Wildman–Crippen LogP) is 1.97. The minimum Gasteiger partial charge on any atom is -0.493 e. The number of amides is 2. The van der Waals surface area contributed by atoms with Gasteiger partial charge in [0.05, 0.1) is 14.2 Å². The maximum Gasteiger partial charge on any atom is 0.253 e. The minimum absolute atomic E-state index is 0.296. The topological polar surface area (TPSA) is 68.3 Å². The zero-order valence-electron chi connectivity index (χ0n) is 16.2. The highest BCUT2D eigenvalue weighted by atomic mass is 16.5. The van der Waals surface area contributed by atoms with Crippen LogP contribution >= 0.6 is 0 Å². The molecule has 27 heavy (non-hydrogen) atoms. The molecule has 1 heterocycles. The number of imide groups is 1. The molecule has 0 atom stereocenters. The van der Waals surface area contributed by atoms with Crippen molar-refractivity contribution in [3.8, 4) is 17.2 Å². The van der Waals surface area contributed by atoms with Crippen LogP contribution < -0.4 is 14.2 Å². The zero-order chi connectivity index (χ0) is 19.8. The molecule has 0 saturated heterocycles. The van der Waals surface area contributed by atoms with Crippen LogP contribution in [0.1, 0.15) is 12.0 Å². The van der Waals surface area contributed by atoms with Gasteiger partial charge in [-0.1, -0.05) is 6.08 Å². The summed E-state index contributed by atoms with van der Waals surface area (Å²) in [6.07, 6.45) is 6.86. The maximum atomic E-state index is 12.3. The Labute approximate surface area is 159 Å². The lowest BCUT2D eigenvalue weighted by atomic mass is 10.1. The highest BCUT2D eigenvalue weighted by Gasteiger charge is 2.19. The van der Waals surface area contributed by atoms with Crippen molar-refractivity contribution in [1.29, 1.82) is 0 Å². The molecule has 1 aromatic rings. The molecular weight excluding hydrogens is 348 g/mol. The van der Waals surface area contributed by atoms with Crippen LogP contribution in [0.25, 0.3) is 6.08 Å². The summed E-state index contributed by atoms with van der Waals surface area (Å²) >= 11 is 0. The fourth-order valence-electron chi connectivity index (χ4n) is 2.53. The maximum absolute atomic E-state index is 12.3. The summed E-state index contributed by atoms with van der Waals surface area (Å²) in [4.78, 5) is 27.2. The summed E-state index contributed by atoms with van der Waals surface area (Å²) in [6.45, 7) is 1.63. The van der Waals surface area contributed by atoms with E-state index in [1.54, 1.807) is 38.5 Å². The molecule has 1 aliphatic heterocycles. The van der Waals surface area contributed by atoms with Crippen LogP contribution in [-0.4, -0.2) is 69.6 Å². The van der Waals surface area contributed by atoms with Crippen molar-refractivity contribution >= 4 is 17.9 Å². The number of benzene rings is 1. The van der Waals surface area contributed by atoms with E-state index in [1.807, 2.05) is 19.0 Å². The number of ether oxygens (including phenoxy) is 3. The number of carbonyl (C=O) groups excluding carboxylic acids is 2. The second-order valence-corrected chi connectivity index (χ2v) is 6.26. The number of nitrogens with zero attached hydrogens (tertiary/aromatic N) is 2. The first-order chi connectivity index (χ1) is 13.0. The van der Waals surface area contributed by atoms with Crippen LogP contribution in [0, 0.1) is 0 Å². The van der Waals surface area contributed by atoms with E-state index in [-0.39, 0.29) is 11.8 Å². The monoisotopic (exact) mass is 374 g/mol. The third-order valence-corrected chi connectivity index (χ3v) is 4.00. The SMILES string of the molecule is COc1cc(/C=C/C(=O)N2CCC=CC2=O)cc(OC)c1OCCN(C)C. The first-order valence-corrected chi connectivity index (χ1v) is 8.70. The van der Waals surface area contributed by atoms with Gasteiger partial charge in [-0.2, -0.15) is 0 Å². The summed E-state index contributed by atoms with van der Waals surface area (Å²) in [5, 5.41) is 0. The van der Waals surface area contributed by atoms with Gasteiger partial charge < -0.3 is 19.1 Å². The Morgan fingerprint density at radius 1 is 1.22 bits per heavy atom. The lowest BCUT2D eigenvalue weighted by molar-refractivity contribution is -0.139. The smallest absolute Gasteiger partial charge is 0.253 e. The molecule has 0 saturated carbocycles. The number of hydrogen-bond donors (Lipinski definition) is 0. The number of methoxy groups -OCH3 is 2.